The van der Waals surface area contributed by atoms with Crippen molar-refractivity contribution in [3.63, 3.8) is 0 Å². The molecule has 130 valence electrons. The van der Waals surface area contributed by atoms with E-state index in [1.165, 1.54) is 6.20 Å². The highest BCUT2D eigenvalue weighted by Gasteiger charge is 2.22. The first-order valence-corrected chi connectivity index (χ1v) is 7.74. The summed E-state index contributed by atoms with van der Waals surface area (Å²) in [5, 5.41) is 0. The fourth-order valence-electron chi connectivity index (χ4n) is 1.99. The summed E-state index contributed by atoms with van der Waals surface area (Å²) in [5.74, 6) is -2.53. The molecule has 0 amide bonds. The number of alkyl halides is 2. The van der Waals surface area contributed by atoms with Gasteiger partial charge in [0, 0.05) is 18.2 Å². The van der Waals surface area contributed by atoms with E-state index in [4.69, 9.17) is 18.9 Å². The monoisotopic (exact) mass is 356 g/mol. The van der Waals surface area contributed by atoms with E-state index in [0.717, 1.165) is 30.2 Å². The number of ether oxygens (including phenoxy) is 1. The summed E-state index contributed by atoms with van der Waals surface area (Å²) in [4.78, 5) is 4.28. The average molecular weight is 356 g/mol. The van der Waals surface area contributed by atoms with E-state index >= 15 is 0 Å². The van der Waals surface area contributed by atoms with Gasteiger partial charge >= 0.3 is 11.6 Å². The molecule has 0 spiro atoms. The Morgan fingerprint density at radius 1 is 1.25 bits per heavy atom. The number of benzene rings is 1. The first-order valence-electron chi connectivity index (χ1n) is 7.08. The molecule has 8 heteroatoms. The van der Waals surface area contributed by atoms with Gasteiger partial charge in [0.15, 0.2) is 6.61 Å². The maximum Gasteiger partial charge on any atom is 0.335 e. The summed E-state index contributed by atoms with van der Waals surface area (Å²) < 4.78 is 47.1. The highest BCUT2D eigenvalue weighted by atomic mass is 32.1. The third kappa shape index (κ3) is 6.41. The molecule has 0 aliphatic carbocycles. The molecule has 0 saturated carbocycles. The van der Waals surface area contributed by atoms with Gasteiger partial charge < -0.3 is 10.5 Å². The minimum Gasteiger partial charge on any atom is -0.486 e. The van der Waals surface area contributed by atoms with Gasteiger partial charge in [0.1, 0.15) is 5.75 Å². The standard InChI is InChI=1S/C16H18F2N2O.O2S/c1-3-11-8-12(19)4-6-14(11)15-7-5-13(9-20-15)21-10-16(2,17)18;1-3-2/h4-9H,3,10,19H2,1-2H3;. The number of nitrogen functional groups attached to an aromatic ring is 1. The topological polar surface area (TPSA) is 82.3 Å². The Balaban J connectivity index is 0.000000891. The van der Waals surface area contributed by atoms with Crippen LogP contribution in [-0.2, 0) is 18.0 Å². The predicted molar refractivity (Wildman–Crippen MR) is 88.5 cm³/mol. The molecule has 0 bridgehead atoms. The zero-order valence-electron chi connectivity index (χ0n) is 13.3. The van der Waals surface area contributed by atoms with Crippen LogP contribution < -0.4 is 10.5 Å². The van der Waals surface area contributed by atoms with Gasteiger partial charge in [-0.3, -0.25) is 4.98 Å². The van der Waals surface area contributed by atoms with Crippen LogP contribution in [0.5, 0.6) is 5.75 Å². The Hall–Kier alpha value is -2.35. The first-order chi connectivity index (χ1) is 11.3. The number of rotatable bonds is 5. The van der Waals surface area contributed by atoms with E-state index in [2.05, 4.69) is 4.98 Å². The van der Waals surface area contributed by atoms with Crippen molar-refractivity contribution in [1.29, 1.82) is 0 Å². The number of aromatic nitrogens is 1. The number of hydrogen-bond acceptors (Lipinski definition) is 5. The summed E-state index contributed by atoms with van der Waals surface area (Å²) in [6.45, 7) is 2.20. The SMILES string of the molecule is CCc1cc(N)ccc1-c1ccc(OCC(C)(F)F)cn1.O=S=O. The molecule has 0 unspecified atom stereocenters. The minimum absolute atomic E-state index is 0.328. The van der Waals surface area contributed by atoms with Crippen molar-refractivity contribution >= 4 is 17.3 Å². The van der Waals surface area contributed by atoms with Crippen LogP contribution in [0.15, 0.2) is 36.5 Å². The van der Waals surface area contributed by atoms with Gasteiger partial charge in [-0.25, -0.2) is 8.78 Å². The van der Waals surface area contributed by atoms with Crippen LogP contribution in [0.1, 0.15) is 19.4 Å². The van der Waals surface area contributed by atoms with Gasteiger partial charge in [-0.05, 0) is 36.2 Å². The average Bonchev–Trinajstić information content (AvgIpc) is 2.53. The number of pyridine rings is 1. The zero-order chi connectivity index (χ0) is 18.2. The van der Waals surface area contributed by atoms with E-state index in [1.807, 2.05) is 25.1 Å². The second-order valence-corrected chi connectivity index (χ2v) is 5.21. The molecule has 2 N–H and O–H groups in total. The molecule has 0 atom stereocenters. The van der Waals surface area contributed by atoms with Crippen LogP contribution >= 0.6 is 0 Å². The Kier molecular flexibility index (Phi) is 7.44. The summed E-state index contributed by atoms with van der Waals surface area (Å²) in [7, 11) is 0. The number of nitrogens with two attached hydrogens (primary N) is 1. The second kappa shape index (κ2) is 9.07. The Morgan fingerprint density at radius 3 is 2.42 bits per heavy atom. The van der Waals surface area contributed by atoms with E-state index < -0.39 is 24.1 Å². The van der Waals surface area contributed by atoms with Gasteiger partial charge in [-0.2, -0.15) is 8.42 Å². The molecule has 0 fully saturated rings. The molecule has 24 heavy (non-hydrogen) atoms. The van der Waals surface area contributed by atoms with Gasteiger partial charge in [0.05, 0.1) is 11.9 Å². The zero-order valence-corrected chi connectivity index (χ0v) is 14.1. The van der Waals surface area contributed by atoms with Gasteiger partial charge in [-0.1, -0.05) is 13.0 Å². The summed E-state index contributed by atoms with van der Waals surface area (Å²) in [6, 6.07) is 9.05. The fourth-order valence-corrected chi connectivity index (χ4v) is 1.99. The van der Waals surface area contributed by atoms with E-state index in [9.17, 15) is 8.78 Å². The number of hydrogen-bond donors (Lipinski definition) is 1. The summed E-state index contributed by atoms with van der Waals surface area (Å²) >= 11 is -0.750. The highest BCUT2D eigenvalue weighted by molar-refractivity contribution is 7.51. The van der Waals surface area contributed by atoms with Crippen LogP contribution in [0, 0.1) is 0 Å². The van der Waals surface area contributed by atoms with Gasteiger partial charge in [-0.15, -0.1) is 0 Å². The molecular formula is C16H18F2N2O3S. The molecule has 5 nitrogen and oxygen atoms in total. The van der Waals surface area contributed by atoms with Crippen LogP contribution in [0.2, 0.25) is 0 Å². The van der Waals surface area contributed by atoms with Gasteiger partial charge in [0.2, 0.25) is 0 Å². The van der Waals surface area contributed by atoms with Crippen LogP contribution in [0.4, 0.5) is 14.5 Å². The van der Waals surface area contributed by atoms with Crippen LogP contribution in [0.3, 0.4) is 0 Å². The van der Waals surface area contributed by atoms with E-state index in [-0.39, 0.29) is 0 Å². The largest absolute Gasteiger partial charge is 0.486 e. The summed E-state index contributed by atoms with van der Waals surface area (Å²) in [5.41, 5.74) is 9.33. The van der Waals surface area contributed by atoms with Gasteiger partial charge in [0.25, 0.3) is 5.92 Å². The lowest BCUT2D eigenvalue weighted by molar-refractivity contribution is -0.0230. The fraction of sp³-hybridized carbons (Fsp3) is 0.312. The molecule has 1 heterocycles. The molecule has 0 radical (unpaired) electrons. The van der Waals surface area contributed by atoms with Crippen molar-refractivity contribution in [2.75, 3.05) is 12.3 Å². The molecule has 0 saturated heterocycles. The third-order valence-corrected chi connectivity index (χ3v) is 3.01. The Morgan fingerprint density at radius 2 is 1.92 bits per heavy atom. The molecule has 0 aliphatic rings. The quantitative estimate of drug-likeness (QED) is 0.832. The lowest BCUT2D eigenvalue weighted by atomic mass is 10.0. The van der Waals surface area contributed by atoms with E-state index in [0.29, 0.717) is 11.4 Å². The Bertz CT molecular complexity index is 697. The number of nitrogens with zero attached hydrogens (tertiary/aromatic N) is 1. The molecule has 2 rings (SSSR count). The van der Waals surface area contributed by atoms with Crippen molar-refractivity contribution in [1.82, 2.24) is 4.98 Å². The lowest BCUT2D eigenvalue weighted by Crippen LogP contribution is -2.20. The van der Waals surface area contributed by atoms with Crippen molar-refractivity contribution in [3.05, 3.63) is 42.1 Å². The molecule has 0 aliphatic heterocycles. The summed E-state index contributed by atoms with van der Waals surface area (Å²) in [6.07, 6.45) is 2.29. The van der Waals surface area contributed by atoms with E-state index in [1.54, 1.807) is 12.1 Å². The van der Waals surface area contributed by atoms with Crippen LogP contribution in [-0.4, -0.2) is 25.9 Å². The van der Waals surface area contributed by atoms with Crippen molar-refractivity contribution in [2.45, 2.75) is 26.2 Å². The lowest BCUT2D eigenvalue weighted by Gasteiger charge is -2.12. The van der Waals surface area contributed by atoms with Crippen molar-refractivity contribution < 1.29 is 21.9 Å². The molecule has 1 aromatic heterocycles. The van der Waals surface area contributed by atoms with Crippen LogP contribution in [0.25, 0.3) is 11.3 Å². The maximum atomic E-state index is 12.7. The maximum absolute atomic E-state index is 12.7. The normalized spacial score (nSPS) is 10.5. The number of anilines is 1. The van der Waals surface area contributed by atoms with Crippen molar-refractivity contribution in [3.8, 4) is 17.0 Å². The third-order valence-electron chi connectivity index (χ3n) is 3.01. The number of halogens is 2. The first kappa shape index (κ1) is 19.7. The smallest absolute Gasteiger partial charge is 0.335 e. The second-order valence-electron chi connectivity index (χ2n) is 5.08. The number of aryl methyl sites for hydroxylation is 1. The minimum atomic E-state index is -2.86. The Labute approximate surface area is 142 Å². The van der Waals surface area contributed by atoms with Crippen molar-refractivity contribution in [2.24, 2.45) is 0 Å². The molecular weight excluding hydrogens is 338 g/mol. The predicted octanol–water partition coefficient (Wildman–Crippen LogP) is 3.26. The molecule has 1 aromatic carbocycles. The molecule has 2 aromatic rings. The highest BCUT2D eigenvalue weighted by Crippen LogP contribution is 2.26.